The Kier molecular flexibility index (Phi) is 7.38. The van der Waals surface area contributed by atoms with Gasteiger partial charge in [-0.1, -0.05) is 6.07 Å². The van der Waals surface area contributed by atoms with Crippen LogP contribution in [0.4, 0.5) is 5.69 Å². The molecule has 0 aliphatic rings. The lowest BCUT2D eigenvalue weighted by Gasteiger charge is -2.17. The lowest BCUT2D eigenvalue weighted by atomic mass is 10.2. The topological polar surface area (TPSA) is 94.2 Å². The van der Waals surface area contributed by atoms with Gasteiger partial charge in [-0.25, -0.2) is 4.79 Å². The fourth-order valence-corrected chi connectivity index (χ4v) is 2.27. The average Bonchev–Trinajstić information content (AvgIpc) is 2.71. The van der Waals surface area contributed by atoms with Crippen LogP contribution in [0.5, 0.6) is 11.5 Å². The van der Waals surface area contributed by atoms with Gasteiger partial charge in [-0.05, 0) is 36.4 Å². The zero-order valence-electron chi connectivity index (χ0n) is 15.9. The molecule has 0 spiro atoms. The number of nitrogens with zero attached hydrogens (tertiary/aromatic N) is 1. The smallest absolute Gasteiger partial charge is 0.337 e. The Morgan fingerprint density at radius 2 is 1.71 bits per heavy atom. The van der Waals surface area contributed by atoms with E-state index in [0.717, 1.165) is 0 Å². The number of methoxy groups -OCH3 is 2. The van der Waals surface area contributed by atoms with Crippen molar-refractivity contribution in [2.45, 2.75) is 0 Å². The molecule has 148 valence electrons. The highest BCUT2D eigenvalue weighted by molar-refractivity contribution is 5.94. The number of amides is 2. The summed E-state index contributed by atoms with van der Waals surface area (Å²) in [6.07, 6.45) is 0. The molecule has 0 radical (unpaired) electrons. The minimum Gasteiger partial charge on any atom is -0.497 e. The summed E-state index contributed by atoms with van der Waals surface area (Å²) < 4.78 is 15.1. The Balaban J connectivity index is 1.81. The van der Waals surface area contributed by atoms with Crippen LogP contribution in [0.2, 0.25) is 0 Å². The van der Waals surface area contributed by atoms with E-state index >= 15 is 0 Å². The molecule has 2 aromatic rings. The highest BCUT2D eigenvalue weighted by Gasteiger charge is 2.14. The third kappa shape index (κ3) is 6.01. The average molecular weight is 386 g/mol. The Labute approximate surface area is 163 Å². The summed E-state index contributed by atoms with van der Waals surface area (Å²) in [5.74, 6) is -0.113. The second-order valence-electron chi connectivity index (χ2n) is 5.83. The molecule has 0 heterocycles. The quantitative estimate of drug-likeness (QED) is 0.697. The maximum Gasteiger partial charge on any atom is 0.337 e. The van der Waals surface area contributed by atoms with Crippen LogP contribution in [0.1, 0.15) is 10.4 Å². The number of carbonyl (C=O) groups excluding carboxylic acids is 3. The number of likely N-dealkylation sites (N-methyl/N-ethyl adjacent to an activating group) is 1. The molecule has 8 heteroatoms. The molecule has 0 saturated carbocycles. The van der Waals surface area contributed by atoms with E-state index in [4.69, 9.17) is 9.47 Å². The molecule has 0 fully saturated rings. The minimum atomic E-state index is -0.454. The molecular weight excluding hydrogens is 364 g/mol. The van der Waals surface area contributed by atoms with Crippen molar-refractivity contribution in [1.82, 2.24) is 4.90 Å². The number of nitrogens with one attached hydrogen (secondary N) is 1. The molecule has 1 N–H and O–H groups in total. The predicted octanol–water partition coefficient (Wildman–Crippen LogP) is 1.96. The van der Waals surface area contributed by atoms with Crippen molar-refractivity contribution >= 4 is 23.5 Å². The highest BCUT2D eigenvalue weighted by Crippen LogP contribution is 2.16. The van der Waals surface area contributed by atoms with Crippen LogP contribution in [-0.4, -0.2) is 57.1 Å². The zero-order chi connectivity index (χ0) is 20.5. The lowest BCUT2D eigenvalue weighted by Crippen LogP contribution is -2.37. The largest absolute Gasteiger partial charge is 0.497 e. The van der Waals surface area contributed by atoms with Crippen molar-refractivity contribution in [3.8, 4) is 11.5 Å². The summed E-state index contributed by atoms with van der Waals surface area (Å²) >= 11 is 0. The fourth-order valence-electron chi connectivity index (χ4n) is 2.27. The van der Waals surface area contributed by atoms with Gasteiger partial charge in [-0.2, -0.15) is 0 Å². The van der Waals surface area contributed by atoms with Crippen molar-refractivity contribution < 1.29 is 28.6 Å². The molecule has 8 nitrogen and oxygen atoms in total. The van der Waals surface area contributed by atoms with Crippen LogP contribution in [0.3, 0.4) is 0 Å². The summed E-state index contributed by atoms with van der Waals surface area (Å²) in [7, 11) is 4.35. The van der Waals surface area contributed by atoms with E-state index in [9.17, 15) is 14.4 Å². The van der Waals surface area contributed by atoms with Gasteiger partial charge in [-0.3, -0.25) is 9.59 Å². The molecule has 0 aliphatic heterocycles. The Hall–Kier alpha value is -3.55. The molecular formula is C20H22N2O6. The van der Waals surface area contributed by atoms with E-state index in [2.05, 4.69) is 10.1 Å². The molecule has 2 aromatic carbocycles. The van der Waals surface area contributed by atoms with Crippen LogP contribution < -0.4 is 14.8 Å². The number of ether oxygens (including phenoxy) is 3. The number of rotatable bonds is 8. The first kappa shape index (κ1) is 20.8. The monoisotopic (exact) mass is 386 g/mol. The fraction of sp³-hybridized carbons (Fsp3) is 0.250. The Bertz CT molecular complexity index is 835. The summed E-state index contributed by atoms with van der Waals surface area (Å²) in [6, 6.07) is 13.1. The molecule has 0 bridgehead atoms. The van der Waals surface area contributed by atoms with Gasteiger partial charge in [0.2, 0.25) is 5.91 Å². The third-order valence-electron chi connectivity index (χ3n) is 3.80. The Morgan fingerprint density at radius 1 is 1.00 bits per heavy atom. The van der Waals surface area contributed by atoms with Gasteiger partial charge in [0.1, 0.15) is 11.5 Å². The molecule has 28 heavy (non-hydrogen) atoms. The molecule has 0 aliphatic carbocycles. The van der Waals surface area contributed by atoms with Crippen LogP contribution in [0.25, 0.3) is 0 Å². The molecule has 2 amide bonds. The van der Waals surface area contributed by atoms with Crippen LogP contribution in [0.15, 0.2) is 48.5 Å². The number of esters is 1. The molecule has 0 saturated heterocycles. The highest BCUT2D eigenvalue weighted by atomic mass is 16.5. The van der Waals surface area contributed by atoms with Crippen molar-refractivity contribution in [3.05, 3.63) is 54.1 Å². The number of carbonyl (C=O) groups is 3. The van der Waals surface area contributed by atoms with E-state index in [1.54, 1.807) is 36.4 Å². The third-order valence-corrected chi connectivity index (χ3v) is 3.80. The number of hydrogen-bond donors (Lipinski definition) is 1. The summed E-state index contributed by atoms with van der Waals surface area (Å²) in [6.45, 7) is -0.360. The normalized spacial score (nSPS) is 9.96. The van der Waals surface area contributed by atoms with Crippen LogP contribution >= 0.6 is 0 Å². The van der Waals surface area contributed by atoms with Crippen molar-refractivity contribution in [1.29, 1.82) is 0 Å². The SMILES string of the molecule is COC(=O)c1ccc(OCC(=O)N(C)CC(=O)Nc2cccc(OC)c2)cc1. The van der Waals surface area contributed by atoms with E-state index in [-0.39, 0.29) is 25.0 Å². The van der Waals surface area contributed by atoms with E-state index in [0.29, 0.717) is 22.7 Å². The van der Waals surface area contributed by atoms with E-state index in [1.807, 2.05) is 0 Å². The van der Waals surface area contributed by atoms with E-state index < -0.39 is 5.97 Å². The van der Waals surface area contributed by atoms with Crippen molar-refractivity contribution in [2.24, 2.45) is 0 Å². The van der Waals surface area contributed by atoms with Gasteiger partial charge in [0.15, 0.2) is 6.61 Å². The first-order valence-electron chi connectivity index (χ1n) is 8.42. The van der Waals surface area contributed by atoms with Gasteiger partial charge in [0, 0.05) is 18.8 Å². The first-order chi connectivity index (χ1) is 13.4. The zero-order valence-corrected chi connectivity index (χ0v) is 15.9. The molecule has 2 rings (SSSR count). The van der Waals surface area contributed by atoms with Gasteiger partial charge in [-0.15, -0.1) is 0 Å². The number of hydrogen-bond acceptors (Lipinski definition) is 6. The van der Waals surface area contributed by atoms with Crippen molar-refractivity contribution in [3.63, 3.8) is 0 Å². The maximum absolute atomic E-state index is 12.2. The van der Waals surface area contributed by atoms with Crippen molar-refractivity contribution in [2.75, 3.05) is 39.7 Å². The van der Waals surface area contributed by atoms with Crippen LogP contribution in [-0.2, 0) is 14.3 Å². The molecule has 0 atom stereocenters. The van der Waals surface area contributed by atoms with E-state index in [1.165, 1.54) is 38.3 Å². The first-order valence-corrected chi connectivity index (χ1v) is 8.42. The Morgan fingerprint density at radius 3 is 2.36 bits per heavy atom. The summed E-state index contributed by atoms with van der Waals surface area (Å²) in [4.78, 5) is 36.9. The summed E-state index contributed by atoms with van der Waals surface area (Å²) in [5.41, 5.74) is 0.958. The van der Waals surface area contributed by atoms with Gasteiger partial charge in [0.05, 0.1) is 26.3 Å². The number of benzene rings is 2. The number of anilines is 1. The minimum absolute atomic E-state index is 0.124. The standard InChI is InChI=1S/C20H22N2O6/c1-22(12-18(23)21-15-5-4-6-17(11-15)26-2)19(24)13-28-16-9-7-14(8-10-16)20(25)27-3/h4-11H,12-13H2,1-3H3,(H,21,23). The van der Waals surface area contributed by atoms with Gasteiger partial charge < -0.3 is 24.4 Å². The second-order valence-corrected chi connectivity index (χ2v) is 5.83. The van der Waals surface area contributed by atoms with Gasteiger partial charge >= 0.3 is 5.97 Å². The maximum atomic E-state index is 12.2. The second kappa shape index (κ2) is 9.96. The summed E-state index contributed by atoms with van der Waals surface area (Å²) in [5, 5.41) is 2.70. The molecule has 0 unspecified atom stereocenters. The lowest BCUT2D eigenvalue weighted by molar-refractivity contribution is -0.135. The molecule has 0 aromatic heterocycles. The van der Waals surface area contributed by atoms with Crippen LogP contribution in [0, 0.1) is 0 Å². The predicted molar refractivity (Wildman–Crippen MR) is 103 cm³/mol. The van der Waals surface area contributed by atoms with Gasteiger partial charge in [0.25, 0.3) is 5.91 Å².